The zero-order chi connectivity index (χ0) is 13.2. The zero-order valence-corrected chi connectivity index (χ0v) is 11.0. The van der Waals surface area contributed by atoms with Crippen molar-refractivity contribution in [1.29, 1.82) is 0 Å². The summed E-state index contributed by atoms with van der Waals surface area (Å²) in [6, 6.07) is 7.25. The van der Waals surface area contributed by atoms with Crippen molar-refractivity contribution in [2.45, 2.75) is 42.0 Å². The summed E-state index contributed by atoms with van der Waals surface area (Å²) in [7, 11) is 0. The number of rotatable bonds is 6. The first-order valence-electron chi connectivity index (χ1n) is 5.98. The van der Waals surface area contributed by atoms with Crippen LogP contribution in [0.25, 0.3) is 0 Å². The quantitative estimate of drug-likeness (QED) is 0.781. The first-order chi connectivity index (χ1) is 8.54. The first-order valence-corrected chi connectivity index (χ1v) is 6.86. The van der Waals surface area contributed by atoms with Gasteiger partial charge in [-0.25, -0.2) is 0 Å². The predicted octanol–water partition coefficient (Wildman–Crippen LogP) is 3.18. The largest absolute Gasteiger partial charge is 0.394 e. The number of nitrogens with one attached hydrogen (secondary N) is 1. The average Bonchev–Trinajstić information content (AvgIpc) is 3.09. The molecule has 1 atom stereocenters. The van der Waals surface area contributed by atoms with Gasteiger partial charge < -0.3 is 10.4 Å². The highest BCUT2D eigenvalue weighted by atomic mass is 32.2. The van der Waals surface area contributed by atoms with Gasteiger partial charge in [0.2, 0.25) is 0 Å². The number of thioether (sulfide) groups is 1. The number of aliphatic hydroxyl groups excluding tert-OH is 1. The number of hydrogen-bond acceptors (Lipinski definition) is 3. The standard InChI is InChI=1S/C13H17F2NOS/c1-9(16-13(8-17)6-7-13)10-2-4-11(5-3-10)18-12(14)15/h2-5,9,12,16-17H,6-8H2,1H3/t9-/m0/s1. The Labute approximate surface area is 110 Å². The Hall–Kier alpha value is -0.650. The molecule has 1 fully saturated rings. The SMILES string of the molecule is C[C@H](NC1(CO)CC1)c1ccc(SC(F)F)cc1. The molecule has 1 aromatic carbocycles. The van der Waals surface area contributed by atoms with Gasteiger partial charge in [0, 0.05) is 16.5 Å². The zero-order valence-electron chi connectivity index (χ0n) is 10.2. The van der Waals surface area contributed by atoms with E-state index in [9.17, 15) is 13.9 Å². The fourth-order valence-corrected chi connectivity index (χ4v) is 2.48. The molecule has 1 aliphatic carbocycles. The molecule has 1 aliphatic rings. The Morgan fingerprint density at radius 3 is 2.39 bits per heavy atom. The summed E-state index contributed by atoms with van der Waals surface area (Å²) < 4.78 is 24.4. The average molecular weight is 273 g/mol. The van der Waals surface area contributed by atoms with E-state index in [0.717, 1.165) is 18.4 Å². The molecule has 0 aliphatic heterocycles. The Morgan fingerprint density at radius 1 is 1.33 bits per heavy atom. The van der Waals surface area contributed by atoms with Crippen molar-refractivity contribution in [1.82, 2.24) is 5.32 Å². The first kappa shape index (κ1) is 13.8. The molecule has 0 radical (unpaired) electrons. The molecule has 2 nitrogen and oxygen atoms in total. The van der Waals surface area contributed by atoms with E-state index in [2.05, 4.69) is 5.32 Å². The van der Waals surface area contributed by atoms with Crippen LogP contribution >= 0.6 is 11.8 Å². The van der Waals surface area contributed by atoms with Gasteiger partial charge in [-0.3, -0.25) is 0 Å². The van der Waals surface area contributed by atoms with E-state index in [1.165, 1.54) is 0 Å². The summed E-state index contributed by atoms with van der Waals surface area (Å²) >= 11 is 0.555. The monoisotopic (exact) mass is 273 g/mol. The van der Waals surface area contributed by atoms with Crippen LogP contribution in [0.15, 0.2) is 29.2 Å². The number of alkyl halides is 2. The minimum atomic E-state index is -2.38. The molecule has 0 heterocycles. The molecule has 0 amide bonds. The van der Waals surface area contributed by atoms with Crippen molar-refractivity contribution in [2.24, 2.45) is 0 Å². The summed E-state index contributed by atoms with van der Waals surface area (Å²) in [5.41, 5.74) is 0.934. The van der Waals surface area contributed by atoms with Crippen LogP contribution in [-0.2, 0) is 0 Å². The highest BCUT2D eigenvalue weighted by molar-refractivity contribution is 7.99. The summed E-state index contributed by atoms with van der Waals surface area (Å²) in [6.45, 7) is 2.17. The van der Waals surface area contributed by atoms with Crippen LogP contribution < -0.4 is 5.32 Å². The minimum absolute atomic E-state index is 0.115. The fraction of sp³-hybridized carbons (Fsp3) is 0.538. The highest BCUT2D eigenvalue weighted by Gasteiger charge is 2.42. The molecular weight excluding hydrogens is 256 g/mol. The number of benzene rings is 1. The van der Waals surface area contributed by atoms with Gasteiger partial charge in [0.25, 0.3) is 5.76 Å². The van der Waals surface area contributed by atoms with Gasteiger partial charge in [-0.2, -0.15) is 8.78 Å². The topological polar surface area (TPSA) is 32.3 Å². The number of aliphatic hydroxyl groups is 1. The maximum atomic E-state index is 12.2. The number of halogens is 2. The lowest BCUT2D eigenvalue weighted by Crippen LogP contribution is -2.36. The lowest BCUT2D eigenvalue weighted by Gasteiger charge is -2.21. The van der Waals surface area contributed by atoms with E-state index in [4.69, 9.17) is 0 Å². The van der Waals surface area contributed by atoms with Crippen LogP contribution in [0, 0.1) is 0 Å². The Kier molecular flexibility index (Phi) is 4.25. The Morgan fingerprint density at radius 2 is 1.94 bits per heavy atom. The normalized spacial score (nSPS) is 18.9. The number of hydrogen-bond donors (Lipinski definition) is 2. The van der Waals surface area contributed by atoms with Crippen LogP contribution in [0.5, 0.6) is 0 Å². The lowest BCUT2D eigenvalue weighted by molar-refractivity contribution is 0.221. The molecule has 1 saturated carbocycles. The summed E-state index contributed by atoms with van der Waals surface area (Å²) in [5.74, 6) is -2.38. The van der Waals surface area contributed by atoms with E-state index in [0.29, 0.717) is 16.7 Å². The Bertz CT molecular complexity index is 392. The summed E-state index contributed by atoms with van der Waals surface area (Å²) in [5, 5.41) is 12.6. The van der Waals surface area contributed by atoms with Gasteiger partial charge >= 0.3 is 0 Å². The van der Waals surface area contributed by atoms with Crippen LogP contribution in [0.2, 0.25) is 0 Å². The third-order valence-electron chi connectivity index (χ3n) is 3.28. The maximum absolute atomic E-state index is 12.2. The van der Waals surface area contributed by atoms with Crippen LogP contribution in [0.1, 0.15) is 31.4 Å². The molecule has 0 aromatic heterocycles. The Balaban J connectivity index is 1.96. The second-order valence-electron chi connectivity index (χ2n) is 4.75. The van der Waals surface area contributed by atoms with Crippen molar-refractivity contribution in [3.05, 3.63) is 29.8 Å². The lowest BCUT2D eigenvalue weighted by atomic mass is 10.1. The van der Waals surface area contributed by atoms with Crippen molar-refractivity contribution >= 4 is 11.8 Å². The van der Waals surface area contributed by atoms with Crippen molar-refractivity contribution in [3.63, 3.8) is 0 Å². The van der Waals surface area contributed by atoms with Gasteiger partial charge in [0.1, 0.15) is 0 Å². The van der Waals surface area contributed by atoms with E-state index in [-0.39, 0.29) is 18.2 Å². The van der Waals surface area contributed by atoms with E-state index < -0.39 is 5.76 Å². The second kappa shape index (κ2) is 5.55. The fourth-order valence-electron chi connectivity index (χ4n) is 1.98. The van der Waals surface area contributed by atoms with E-state index in [1.807, 2.05) is 19.1 Å². The molecule has 0 unspecified atom stereocenters. The van der Waals surface area contributed by atoms with Crippen molar-refractivity contribution < 1.29 is 13.9 Å². The molecule has 2 N–H and O–H groups in total. The molecule has 0 saturated heterocycles. The van der Waals surface area contributed by atoms with E-state index >= 15 is 0 Å². The maximum Gasteiger partial charge on any atom is 0.288 e. The molecule has 1 aromatic rings. The predicted molar refractivity (Wildman–Crippen MR) is 68.9 cm³/mol. The van der Waals surface area contributed by atoms with E-state index in [1.54, 1.807) is 12.1 Å². The van der Waals surface area contributed by atoms with Crippen LogP contribution in [-0.4, -0.2) is 23.0 Å². The molecular formula is C13H17F2NOS. The van der Waals surface area contributed by atoms with Gasteiger partial charge in [0.05, 0.1) is 6.61 Å². The minimum Gasteiger partial charge on any atom is -0.394 e. The summed E-state index contributed by atoms with van der Waals surface area (Å²) in [4.78, 5) is 0.573. The van der Waals surface area contributed by atoms with Crippen molar-refractivity contribution in [2.75, 3.05) is 6.61 Å². The molecule has 100 valence electrons. The van der Waals surface area contributed by atoms with Crippen LogP contribution in [0.3, 0.4) is 0 Å². The molecule has 5 heteroatoms. The molecule has 18 heavy (non-hydrogen) atoms. The van der Waals surface area contributed by atoms with Crippen molar-refractivity contribution in [3.8, 4) is 0 Å². The molecule has 0 bridgehead atoms. The second-order valence-corrected chi connectivity index (χ2v) is 5.82. The van der Waals surface area contributed by atoms with Gasteiger partial charge in [-0.1, -0.05) is 23.9 Å². The smallest absolute Gasteiger partial charge is 0.288 e. The highest BCUT2D eigenvalue weighted by Crippen LogP contribution is 2.37. The molecule has 2 rings (SSSR count). The van der Waals surface area contributed by atoms with Crippen LogP contribution in [0.4, 0.5) is 8.78 Å². The third-order valence-corrected chi connectivity index (χ3v) is 4.01. The third kappa shape index (κ3) is 3.43. The molecule has 0 spiro atoms. The van der Waals surface area contributed by atoms with Gasteiger partial charge in [0.15, 0.2) is 0 Å². The van der Waals surface area contributed by atoms with Gasteiger partial charge in [-0.05, 0) is 37.5 Å². The van der Waals surface area contributed by atoms with Gasteiger partial charge in [-0.15, -0.1) is 0 Å². The summed E-state index contributed by atoms with van der Waals surface area (Å²) in [6.07, 6.45) is 1.99.